The van der Waals surface area contributed by atoms with Crippen molar-refractivity contribution in [3.05, 3.63) is 47.0 Å². The van der Waals surface area contributed by atoms with Gasteiger partial charge in [0, 0.05) is 7.11 Å². The highest BCUT2D eigenvalue weighted by molar-refractivity contribution is 6.08. The topological polar surface area (TPSA) is 9.23 Å². The van der Waals surface area contributed by atoms with E-state index in [9.17, 15) is 0 Å². The van der Waals surface area contributed by atoms with E-state index in [-0.39, 0.29) is 0 Å². The summed E-state index contributed by atoms with van der Waals surface area (Å²) < 4.78 is 5.21. The molecule has 1 aliphatic carbocycles. The molecule has 0 radical (unpaired) electrons. The normalized spacial score (nSPS) is 13.2. The van der Waals surface area contributed by atoms with Crippen LogP contribution in [0.25, 0.3) is 22.4 Å². The third-order valence-corrected chi connectivity index (χ3v) is 3.18. The van der Waals surface area contributed by atoms with Crippen molar-refractivity contribution in [1.82, 2.24) is 0 Å². The van der Waals surface area contributed by atoms with Gasteiger partial charge in [-0.2, -0.15) is 0 Å². The number of rotatable bonds is 2. The Morgan fingerprint density at radius 1 is 1.19 bits per heavy atom. The van der Waals surface area contributed by atoms with Gasteiger partial charge in [0.25, 0.3) is 0 Å². The number of hydrogen-bond acceptors (Lipinski definition) is 1. The summed E-state index contributed by atoms with van der Waals surface area (Å²) in [7, 11) is 1.74. The van der Waals surface area contributed by atoms with Gasteiger partial charge in [-0.25, -0.2) is 0 Å². The van der Waals surface area contributed by atoms with E-state index in [2.05, 4.69) is 43.3 Å². The second-order valence-electron chi connectivity index (χ2n) is 4.35. The van der Waals surface area contributed by atoms with E-state index < -0.39 is 0 Å². The van der Waals surface area contributed by atoms with Crippen LogP contribution in [0.1, 0.15) is 23.6 Å². The van der Waals surface area contributed by atoms with Gasteiger partial charge < -0.3 is 4.74 Å². The molecule has 3 rings (SSSR count). The van der Waals surface area contributed by atoms with Gasteiger partial charge in [0.1, 0.15) is 0 Å². The fourth-order valence-corrected chi connectivity index (χ4v) is 2.51. The summed E-state index contributed by atoms with van der Waals surface area (Å²) in [5.74, 6) is 0. The molecule has 0 aliphatic heterocycles. The Balaban J connectivity index is 2.33. The molecule has 1 heteroatoms. The fourth-order valence-electron chi connectivity index (χ4n) is 2.51. The van der Waals surface area contributed by atoms with Gasteiger partial charge in [0.05, 0.1) is 6.61 Å². The van der Waals surface area contributed by atoms with Gasteiger partial charge in [-0.15, -0.1) is 0 Å². The molecular weight excluding hydrogens is 196 g/mol. The monoisotopic (exact) mass is 210 g/mol. The van der Waals surface area contributed by atoms with Crippen molar-refractivity contribution in [3.63, 3.8) is 0 Å². The van der Waals surface area contributed by atoms with E-state index in [1.165, 1.54) is 33.0 Å². The van der Waals surface area contributed by atoms with Crippen LogP contribution in [-0.2, 0) is 11.3 Å². The van der Waals surface area contributed by atoms with Crippen LogP contribution in [0.3, 0.4) is 0 Å². The number of ether oxygens (including phenoxy) is 1. The van der Waals surface area contributed by atoms with Crippen molar-refractivity contribution in [2.24, 2.45) is 0 Å². The Morgan fingerprint density at radius 2 is 2.06 bits per heavy atom. The predicted octanol–water partition coefficient (Wildman–Crippen LogP) is 3.86. The van der Waals surface area contributed by atoms with E-state index in [1.807, 2.05) is 0 Å². The van der Waals surface area contributed by atoms with E-state index in [0.29, 0.717) is 6.61 Å². The summed E-state index contributed by atoms with van der Waals surface area (Å²) in [6, 6.07) is 10.9. The molecule has 16 heavy (non-hydrogen) atoms. The summed E-state index contributed by atoms with van der Waals surface area (Å²) in [5, 5.41) is 2.70. The molecule has 0 atom stereocenters. The predicted molar refractivity (Wildman–Crippen MR) is 68.2 cm³/mol. The minimum atomic E-state index is 0.681. The van der Waals surface area contributed by atoms with Crippen molar-refractivity contribution in [1.29, 1.82) is 0 Å². The molecule has 0 saturated carbocycles. The second kappa shape index (κ2) is 3.46. The van der Waals surface area contributed by atoms with Crippen LogP contribution < -0.4 is 0 Å². The number of hydrogen-bond donors (Lipinski definition) is 0. The van der Waals surface area contributed by atoms with Gasteiger partial charge in [-0.1, -0.05) is 24.3 Å². The molecule has 0 saturated heterocycles. The Morgan fingerprint density at radius 3 is 2.88 bits per heavy atom. The Hall–Kier alpha value is -1.60. The third kappa shape index (κ3) is 1.29. The van der Waals surface area contributed by atoms with E-state index >= 15 is 0 Å². The third-order valence-electron chi connectivity index (χ3n) is 3.18. The van der Waals surface area contributed by atoms with Crippen molar-refractivity contribution in [2.45, 2.75) is 13.5 Å². The van der Waals surface area contributed by atoms with Crippen LogP contribution >= 0.6 is 0 Å². The quantitative estimate of drug-likeness (QED) is 0.731. The lowest BCUT2D eigenvalue weighted by Crippen LogP contribution is -1.90. The zero-order chi connectivity index (χ0) is 11.1. The first-order valence-electron chi connectivity index (χ1n) is 5.53. The maximum absolute atomic E-state index is 5.21. The van der Waals surface area contributed by atoms with Gasteiger partial charge in [0.15, 0.2) is 0 Å². The standard InChI is InChI=1S/C15H14O/c1-10-6-12-4-3-5-13-7-11(9-16-2)8-14(10)15(12)13/h3-8H,9H2,1-2H3. The van der Waals surface area contributed by atoms with Crippen LogP contribution in [0.5, 0.6) is 0 Å². The largest absolute Gasteiger partial charge is 0.380 e. The molecule has 0 unspecified atom stereocenters. The van der Waals surface area contributed by atoms with Gasteiger partial charge in [0.2, 0.25) is 0 Å². The SMILES string of the molecule is COCc1cc2c3c(cccc3c1)C=C2C. The van der Waals surface area contributed by atoms with Crippen LogP contribution in [0, 0.1) is 0 Å². The first-order chi connectivity index (χ1) is 7.79. The van der Waals surface area contributed by atoms with Gasteiger partial charge in [-0.05, 0) is 52.1 Å². The molecule has 0 spiro atoms. The summed E-state index contributed by atoms with van der Waals surface area (Å²) in [6.45, 7) is 2.85. The Kier molecular flexibility index (Phi) is 2.08. The molecule has 0 N–H and O–H groups in total. The van der Waals surface area contributed by atoms with Gasteiger partial charge >= 0.3 is 0 Å². The molecule has 0 fully saturated rings. The molecule has 2 aromatic rings. The minimum absolute atomic E-state index is 0.681. The number of methoxy groups -OCH3 is 1. The summed E-state index contributed by atoms with van der Waals surface area (Å²) in [4.78, 5) is 0. The summed E-state index contributed by atoms with van der Waals surface area (Å²) >= 11 is 0. The second-order valence-corrected chi connectivity index (χ2v) is 4.35. The highest BCUT2D eigenvalue weighted by Gasteiger charge is 2.14. The molecule has 0 heterocycles. The summed E-state index contributed by atoms with van der Waals surface area (Å²) in [6.07, 6.45) is 2.26. The molecule has 80 valence electrons. The lowest BCUT2D eigenvalue weighted by atomic mass is 9.99. The van der Waals surface area contributed by atoms with Crippen LogP contribution in [0.4, 0.5) is 0 Å². The molecule has 0 bridgehead atoms. The highest BCUT2D eigenvalue weighted by atomic mass is 16.5. The minimum Gasteiger partial charge on any atom is -0.380 e. The zero-order valence-corrected chi connectivity index (χ0v) is 9.58. The molecular formula is C15H14O. The molecule has 1 nitrogen and oxygen atoms in total. The number of benzene rings is 2. The van der Waals surface area contributed by atoms with Crippen molar-refractivity contribution in [3.8, 4) is 0 Å². The lowest BCUT2D eigenvalue weighted by molar-refractivity contribution is 0.185. The zero-order valence-electron chi connectivity index (χ0n) is 9.58. The molecule has 1 aliphatic rings. The first-order valence-corrected chi connectivity index (χ1v) is 5.53. The van der Waals surface area contributed by atoms with E-state index in [4.69, 9.17) is 4.74 Å². The van der Waals surface area contributed by atoms with Crippen LogP contribution in [0.2, 0.25) is 0 Å². The van der Waals surface area contributed by atoms with Crippen molar-refractivity contribution >= 4 is 22.4 Å². The molecule has 0 aromatic heterocycles. The fraction of sp³-hybridized carbons (Fsp3) is 0.200. The average molecular weight is 210 g/mol. The maximum Gasteiger partial charge on any atom is 0.0713 e. The average Bonchev–Trinajstić information content (AvgIpc) is 2.58. The number of allylic oxidation sites excluding steroid dienone is 1. The van der Waals surface area contributed by atoms with Crippen LogP contribution in [-0.4, -0.2) is 7.11 Å². The Bertz CT molecular complexity index is 594. The van der Waals surface area contributed by atoms with Crippen molar-refractivity contribution < 1.29 is 4.74 Å². The molecule has 2 aromatic carbocycles. The van der Waals surface area contributed by atoms with E-state index in [1.54, 1.807) is 7.11 Å². The lowest BCUT2D eigenvalue weighted by Gasteiger charge is -2.07. The highest BCUT2D eigenvalue weighted by Crippen LogP contribution is 2.37. The summed E-state index contributed by atoms with van der Waals surface area (Å²) in [5.41, 5.74) is 5.30. The Labute approximate surface area is 95.4 Å². The van der Waals surface area contributed by atoms with E-state index in [0.717, 1.165) is 0 Å². The van der Waals surface area contributed by atoms with Crippen molar-refractivity contribution in [2.75, 3.05) is 7.11 Å². The maximum atomic E-state index is 5.21. The smallest absolute Gasteiger partial charge is 0.0713 e. The molecule has 0 amide bonds. The van der Waals surface area contributed by atoms with Crippen LogP contribution in [0.15, 0.2) is 30.3 Å². The first kappa shape index (κ1) is 9.61. The van der Waals surface area contributed by atoms with Gasteiger partial charge in [-0.3, -0.25) is 0 Å².